The van der Waals surface area contributed by atoms with E-state index in [2.05, 4.69) is 65.0 Å². The van der Waals surface area contributed by atoms with Crippen LogP contribution in [0.25, 0.3) is 21.7 Å². The molecule has 0 unspecified atom stereocenters. The van der Waals surface area contributed by atoms with Crippen molar-refractivity contribution in [2.75, 3.05) is 23.3 Å². The fourth-order valence-corrected chi connectivity index (χ4v) is 5.65. The summed E-state index contributed by atoms with van der Waals surface area (Å²) < 4.78 is 2.89. The van der Waals surface area contributed by atoms with Gasteiger partial charge in [0.05, 0.1) is 10.9 Å². The van der Waals surface area contributed by atoms with E-state index in [1.807, 2.05) is 22.8 Å². The number of rotatable bonds is 5. The predicted octanol–water partition coefficient (Wildman–Crippen LogP) is 5.44. The summed E-state index contributed by atoms with van der Waals surface area (Å²) in [4.78, 5) is 29.1. The molecule has 36 heavy (non-hydrogen) atoms. The van der Waals surface area contributed by atoms with Crippen LogP contribution in [0.5, 0.6) is 0 Å². The quantitative estimate of drug-likeness (QED) is 0.386. The molecular formula is C26H32N8OS. The van der Waals surface area contributed by atoms with Crippen LogP contribution in [0.15, 0.2) is 36.8 Å². The zero-order valence-electron chi connectivity index (χ0n) is 21.4. The molecule has 0 saturated carbocycles. The lowest BCUT2D eigenvalue weighted by molar-refractivity contribution is 0.102. The van der Waals surface area contributed by atoms with Crippen molar-refractivity contribution in [3.8, 4) is 11.5 Å². The van der Waals surface area contributed by atoms with Gasteiger partial charge in [0.15, 0.2) is 11.0 Å². The van der Waals surface area contributed by atoms with Crippen molar-refractivity contribution in [2.24, 2.45) is 11.3 Å². The lowest BCUT2D eigenvalue weighted by atomic mass is 9.75. The number of amides is 1. The van der Waals surface area contributed by atoms with E-state index in [0.717, 1.165) is 34.4 Å². The van der Waals surface area contributed by atoms with E-state index in [1.165, 1.54) is 12.8 Å². The number of anilines is 2. The third kappa shape index (κ3) is 4.95. The van der Waals surface area contributed by atoms with Crippen LogP contribution >= 0.6 is 11.3 Å². The molecule has 0 atom stereocenters. The number of carbonyl (C=O) groups excluding carboxylic acids is 1. The fraction of sp³-hybridized carbons (Fsp3) is 0.462. The predicted molar refractivity (Wildman–Crippen MR) is 143 cm³/mol. The summed E-state index contributed by atoms with van der Waals surface area (Å²) >= 11 is 1.62. The molecule has 0 aromatic carbocycles. The molecule has 5 rings (SSSR count). The van der Waals surface area contributed by atoms with Gasteiger partial charge in [-0.15, -0.1) is 10.2 Å². The van der Waals surface area contributed by atoms with Crippen LogP contribution in [0.3, 0.4) is 0 Å². The maximum Gasteiger partial charge on any atom is 0.275 e. The monoisotopic (exact) mass is 504 g/mol. The highest BCUT2D eigenvalue weighted by Gasteiger charge is 2.29. The van der Waals surface area contributed by atoms with Gasteiger partial charge in [-0.3, -0.25) is 4.79 Å². The third-order valence-electron chi connectivity index (χ3n) is 6.84. The van der Waals surface area contributed by atoms with Gasteiger partial charge in [-0.2, -0.15) is 0 Å². The zero-order valence-corrected chi connectivity index (χ0v) is 22.2. The Kier molecular flexibility index (Phi) is 6.46. The second kappa shape index (κ2) is 9.57. The summed E-state index contributed by atoms with van der Waals surface area (Å²) in [5.74, 6) is 1.51. The molecule has 9 nitrogen and oxygen atoms in total. The minimum Gasteiger partial charge on any atom is -0.348 e. The molecule has 1 aliphatic heterocycles. The molecule has 0 radical (unpaired) electrons. The lowest BCUT2D eigenvalue weighted by Gasteiger charge is -2.38. The number of thiazole rings is 1. The summed E-state index contributed by atoms with van der Waals surface area (Å²) in [6.07, 6.45) is 5.71. The van der Waals surface area contributed by atoms with Crippen molar-refractivity contribution in [1.29, 1.82) is 0 Å². The van der Waals surface area contributed by atoms with Gasteiger partial charge in [-0.25, -0.2) is 15.0 Å². The highest BCUT2D eigenvalue weighted by Crippen LogP contribution is 2.37. The van der Waals surface area contributed by atoms with Gasteiger partial charge in [0, 0.05) is 19.1 Å². The van der Waals surface area contributed by atoms with E-state index in [0.29, 0.717) is 28.4 Å². The maximum absolute atomic E-state index is 13.0. The number of aromatic nitrogens is 6. The Balaban J connectivity index is 1.30. The van der Waals surface area contributed by atoms with E-state index in [9.17, 15) is 4.79 Å². The Morgan fingerprint density at radius 3 is 2.67 bits per heavy atom. The number of nitrogens with zero attached hydrogens (tertiary/aromatic N) is 7. The van der Waals surface area contributed by atoms with E-state index in [-0.39, 0.29) is 11.9 Å². The first-order valence-electron chi connectivity index (χ1n) is 12.4. The summed E-state index contributed by atoms with van der Waals surface area (Å²) in [7, 11) is 0. The SMILES string of the molecule is CC(C)n1cnnc1-c1cccc(NC(=O)c2cc3sc(N4CCC(C(C)(C)C)CC4)nc3cn2)n1. The number of hydrogen-bond donors (Lipinski definition) is 1. The molecule has 4 aromatic rings. The summed E-state index contributed by atoms with van der Waals surface area (Å²) in [5.41, 5.74) is 2.14. The molecule has 1 amide bonds. The van der Waals surface area contributed by atoms with Crippen molar-refractivity contribution in [2.45, 2.75) is 53.5 Å². The summed E-state index contributed by atoms with van der Waals surface area (Å²) in [6.45, 7) is 13.1. The molecule has 1 aliphatic rings. The largest absolute Gasteiger partial charge is 0.348 e. The molecule has 10 heteroatoms. The first kappa shape index (κ1) is 24.3. The van der Waals surface area contributed by atoms with Crippen molar-refractivity contribution < 1.29 is 4.79 Å². The summed E-state index contributed by atoms with van der Waals surface area (Å²) in [6, 6.07) is 7.45. The average Bonchev–Trinajstić information content (AvgIpc) is 3.51. The van der Waals surface area contributed by atoms with Crippen LogP contribution in [0.1, 0.15) is 64.0 Å². The number of pyridine rings is 2. The Bertz CT molecular complexity index is 1380. The van der Waals surface area contributed by atoms with E-state index < -0.39 is 0 Å². The molecule has 188 valence electrons. The zero-order chi connectivity index (χ0) is 25.4. The molecule has 1 N–H and O–H groups in total. The van der Waals surface area contributed by atoms with Crippen LogP contribution in [-0.4, -0.2) is 48.7 Å². The topological polar surface area (TPSA) is 102 Å². The molecule has 1 fully saturated rings. The van der Waals surface area contributed by atoms with Gasteiger partial charge in [0.2, 0.25) is 0 Å². The molecule has 0 bridgehead atoms. The molecule has 1 saturated heterocycles. The number of carbonyl (C=O) groups is 1. The van der Waals surface area contributed by atoms with Crippen LogP contribution in [0, 0.1) is 11.3 Å². The van der Waals surface area contributed by atoms with Crippen molar-refractivity contribution in [1.82, 2.24) is 29.7 Å². The van der Waals surface area contributed by atoms with Gasteiger partial charge in [-0.05, 0) is 56.2 Å². The van der Waals surface area contributed by atoms with Gasteiger partial charge >= 0.3 is 0 Å². The van der Waals surface area contributed by atoms with E-state index in [1.54, 1.807) is 29.9 Å². The van der Waals surface area contributed by atoms with Crippen molar-refractivity contribution >= 4 is 38.4 Å². The smallest absolute Gasteiger partial charge is 0.275 e. The Labute approximate surface area is 215 Å². The highest BCUT2D eigenvalue weighted by atomic mass is 32.1. The normalized spacial score (nSPS) is 15.1. The first-order chi connectivity index (χ1) is 17.2. The lowest BCUT2D eigenvalue weighted by Crippen LogP contribution is -2.37. The molecule has 0 spiro atoms. The van der Waals surface area contributed by atoms with Gasteiger partial charge in [0.25, 0.3) is 5.91 Å². The number of fused-ring (bicyclic) bond motifs is 1. The first-order valence-corrected chi connectivity index (χ1v) is 13.2. The number of piperidine rings is 1. The minimum absolute atomic E-state index is 0.195. The standard InChI is InChI=1S/C26H32N8OS/c1-16(2)34-15-28-32-23(34)18-7-6-8-22(29-18)31-24(35)19-13-21-20(14-27-19)30-25(36-21)33-11-9-17(10-12-33)26(3,4)5/h6-8,13-17H,9-12H2,1-5H3,(H,29,31,35). The van der Waals surface area contributed by atoms with E-state index >= 15 is 0 Å². The third-order valence-corrected chi connectivity index (χ3v) is 7.91. The Morgan fingerprint density at radius 1 is 1.17 bits per heavy atom. The molecular weight excluding hydrogens is 472 g/mol. The second-order valence-corrected chi connectivity index (χ2v) is 11.7. The molecule has 5 heterocycles. The minimum atomic E-state index is -0.312. The number of hydrogen-bond acceptors (Lipinski definition) is 8. The molecule has 4 aromatic heterocycles. The fourth-order valence-electron chi connectivity index (χ4n) is 4.63. The van der Waals surface area contributed by atoms with Crippen LogP contribution < -0.4 is 10.2 Å². The Hall–Kier alpha value is -3.40. The van der Waals surface area contributed by atoms with Crippen LogP contribution in [0.4, 0.5) is 10.9 Å². The average molecular weight is 505 g/mol. The maximum atomic E-state index is 13.0. The van der Waals surface area contributed by atoms with Gasteiger partial charge in [0.1, 0.15) is 29.0 Å². The number of nitrogens with one attached hydrogen (secondary N) is 1. The summed E-state index contributed by atoms with van der Waals surface area (Å²) in [5, 5.41) is 12.1. The van der Waals surface area contributed by atoms with E-state index in [4.69, 9.17) is 4.98 Å². The second-order valence-electron chi connectivity index (χ2n) is 10.7. The highest BCUT2D eigenvalue weighted by molar-refractivity contribution is 7.22. The Morgan fingerprint density at radius 2 is 1.94 bits per heavy atom. The van der Waals surface area contributed by atoms with Crippen LogP contribution in [-0.2, 0) is 0 Å². The van der Waals surface area contributed by atoms with Crippen molar-refractivity contribution in [3.63, 3.8) is 0 Å². The molecule has 0 aliphatic carbocycles. The van der Waals surface area contributed by atoms with Crippen LogP contribution in [0.2, 0.25) is 0 Å². The van der Waals surface area contributed by atoms with Gasteiger partial charge in [-0.1, -0.05) is 38.2 Å². The van der Waals surface area contributed by atoms with Crippen molar-refractivity contribution in [3.05, 3.63) is 42.5 Å². The van der Waals surface area contributed by atoms with Gasteiger partial charge < -0.3 is 14.8 Å².